The summed E-state index contributed by atoms with van der Waals surface area (Å²) >= 11 is 1.55. The third-order valence-electron chi connectivity index (χ3n) is 4.86. The van der Waals surface area contributed by atoms with Crippen LogP contribution in [0.1, 0.15) is 28.1 Å². The van der Waals surface area contributed by atoms with Crippen molar-refractivity contribution in [3.05, 3.63) is 52.2 Å². The van der Waals surface area contributed by atoms with E-state index in [9.17, 15) is 14.4 Å². The molecule has 0 spiro atoms. The third-order valence-corrected chi connectivity index (χ3v) is 5.74. The largest absolute Gasteiger partial charge is 0.353 e. The van der Waals surface area contributed by atoms with Crippen LogP contribution >= 0.6 is 11.3 Å². The van der Waals surface area contributed by atoms with Gasteiger partial charge in [-0.3, -0.25) is 14.4 Å². The van der Waals surface area contributed by atoms with Gasteiger partial charge in [0.05, 0.1) is 17.7 Å². The van der Waals surface area contributed by atoms with E-state index >= 15 is 0 Å². The van der Waals surface area contributed by atoms with E-state index in [1.165, 1.54) is 0 Å². The number of rotatable bonds is 3. The second-order valence-electron chi connectivity index (χ2n) is 6.59. The normalized spacial score (nSPS) is 22.1. The van der Waals surface area contributed by atoms with Crippen molar-refractivity contribution >= 4 is 34.7 Å². The fourth-order valence-corrected chi connectivity index (χ4v) is 4.29. The van der Waals surface area contributed by atoms with Crippen LogP contribution in [0, 0.1) is 0 Å². The summed E-state index contributed by atoms with van der Waals surface area (Å²) in [4.78, 5) is 40.3. The summed E-state index contributed by atoms with van der Waals surface area (Å²) < 4.78 is 0. The van der Waals surface area contributed by atoms with Gasteiger partial charge in [0.1, 0.15) is 6.04 Å². The summed E-state index contributed by atoms with van der Waals surface area (Å²) in [6.45, 7) is 0.454. The third kappa shape index (κ3) is 3.22. The fourth-order valence-electron chi connectivity index (χ4n) is 3.59. The van der Waals surface area contributed by atoms with E-state index in [0.29, 0.717) is 37.1 Å². The lowest BCUT2D eigenvalue weighted by molar-refractivity contribution is -0.124. The zero-order valence-electron chi connectivity index (χ0n) is 14.1. The molecule has 1 aromatic heterocycles. The summed E-state index contributed by atoms with van der Waals surface area (Å²) in [5.41, 5.74) is 1.07. The van der Waals surface area contributed by atoms with E-state index < -0.39 is 6.04 Å². The van der Waals surface area contributed by atoms with Gasteiger partial charge in [-0.25, -0.2) is 0 Å². The second kappa shape index (κ2) is 6.92. The molecule has 0 saturated carbocycles. The first-order chi connectivity index (χ1) is 12.6. The molecule has 7 heteroatoms. The first kappa shape index (κ1) is 16.8. The topological polar surface area (TPSA) is 78.5 Å². The second-order valence-corrected chi connectivity index (χ2v) is 7.63. The van der Waals surface area contributed by atoms with Crippen LogP contribution in [0.2, 0.25) is 0 Å². The highest BCUT2D eigenvalue weighted by Crippen LogP contribution is 2.28. The number of para-hydroxylation sites is 1. The SMILES string of the molecule is O=C(Cc1cccs1)NC1CCN2C(=O)c3ccccc3NC(=O)C2C1. The van der Waals surface area contributed by atoms with E-state index in [0.717, 1.165) is 4.88 Å². The van der Waals surface area contributed by atoms with E-state index in [2.05, 4.69) is 10.6 Å². The Bertz CT molecular complexity index is 849. The Kier molecular flexibility index (Phi) is 4.46. The Morgan fingerprint density at radius 3 is 2.88 bits per heavy atom. The summed E-state index contributed by atoms with van der Waals surface area (Å²) in [5, 5.41) is 7.81. The van der Waals surface area contributed by atoms with Crippen molar-refractivity contribution in [3.63, 3.8) is 0 Å². The van der Waals surface area contributed by atoms with Gasteiger partial charge in [-0.05, 0) is 36.4 Å². The number of thiophene rings is 1. The Labute approximate surface area is 155 Å². The number of nitrogens with zero attached hydrogens (tertiary/aromatic N) is 1. The van der Waals surface area contributed by atoms with Crippen LogP contribution < -0.4 is 10.6 Å². The number of anilines is 1. The van der Waals surface area contributed by atoms with Gasteiger partial charge in [0.15, 0.2) is 0 Å². The number of nitrogens with one attached hydrogen (secondary N) is 2. The summed E-state index contributed by atoms with van der Waals surface area (Å²) in [5.74, 6) is -0.373. The van der Waals surface area contributed by atoms with E-state index in [-0.39, 0.29) is 23.8 Å². The number of fused-ring (bicyclic) bond motifs is 2. The van der Waals surface area contributed by atoms with Gasteiger partial charge in [0, 0.05) is 17.5 Å². The number of benzene rings is 1. The predicted molar refractivity (Wildman–Crippen MR) is 99.1 cm³/mol. The highest BCUT2D eigenvalue weighted by Gasteiger charge is 2.39. The maximum atomic E-state index is 12.8. The monoisotopic (exact) mass is 369 g/mol. The molecule has 2 aliphatic heterocycles. The molecule has 3 amide bonds. The van der Waals surface area contributed by atoms with Crippen LogP contribution in [-0.2, 0) is 16.0 Å². The molecule has 2 aromatic rings. The first-order valence-corrected chi connectivity index (χ1v) is 9.52. The molecular formula is C19H19N3O3S. The van der Waals surface area contributed by atoms with Crippen LogP contribution in [0.3, 0.4) is 0 Å². The lowest BCUT2D eigenvalue weighted by Crippen LogP contribution is -2.55. The number of hydrogen-bond donors (Lipinski definition) is 2. The molecule has 2 unspecified atom stereocenters. The van der Waals surface area contributed by atoms with Crippen LogP contribution in [0.25, 0.3) is 0 Å². The lowest BCUT2D eigenvalue weighted by Gasteiger charge is -2.37. The Morgan fingerprint density at radius 1 is 1.23 bits per heavy atom. The van der Waals surface area contributed by atoms with Crippen LogP contribution in [0.15, 0.2) is 41.8 Å². The molecule has 0 aliphatic carbocycles. The minimum Gasteiger partial charge on any atom is -0.353 e. The summed E-state index contributed by atoms with van der Waals surface area (Å²) in [6.07, 6.45) is 1.43. The van der Waals surface area contributed by atoms with E-state index in [1.807, 2.05) is 17.5 Å². The zero-order chi connectivity index (χ0) is 18.1. The van der Waals surface area contributed by atoms with Crippen molar-refractivity contribution in [1.82, 2.24) is 10.2 Å². The van der Waals surface area contributed by atoms with Crippen molar-refractivity contribution in [3.8, 4) is 0 Å². The molecule has 4 rings (SSSR count). The number of hydrogen-bond acceptors (Lipinski definition) is 4. The standard InChI is InChI=1S/C19H19N3O3S/c23-17(11-13-4-3-9-26-13)20-12-7-8-22-16(10-12)18(24)21-15-6-2-1-5-14(15)19(22)25/h1-6,9,12,16H,7-8,10-11H2,(H,20,23)(H,21,24). The van der Waals surface area contributed by atoms with Gasteiger partial charge in [0.2, 0.25) is 11.8 Å². The first-order valence-electron chi connectivity index (χ1n) is 8.64. The van der Waals surface area contributed by atoms with Crippen molar-refractivity contribution in [1.29, 1.82) is 0 Å². The molecule has 0 radical (unpaired) electrons. The van der Waals surface area contributed by atoms with Crippen LogP contribution in [0.4, 0.5) is 5.69 Å². The van der Waals surface area contributed by atoms with Gasteiger partial charge >= 0.3 is 0 Å². The maximum Gasteiger partial charge on any atom is 0.256 e. The van der Waals surface area contributed by atoms with Crippen LogP contribution in [0.5, 0.6) is 0 Å². The van der Waals surface area contributed by atoms with Crippen molar-refractivity contribution in [2.24, 2.45) is 0 Å². The zero-order valence-corrected chi connectivity index (χ0v) is 14.9. The molecule has 134 valence electrons. The molecule has 2 N–H and O–H groups in total. The summed E-state index contributed by atoms with van der Waals surface area (Å²) in [6, 6.07) is 10.2. The van der Waals surface area contributed by atoms with Crippen molar-refractivity contribution < 1.29 is 14.4 Å². The van der Waals surface area contributed by atoms with Crippen molar-refractivity contribution in [2.45, 2.75) is 31.3 Å². The fraction of sp³-hybridized carbons (Fsp3) is 0.316. The molecule has 2 aliphatic rings. The van der Waals surface area contributed by atoms with E-state index in [4.69, 9.17) is 0 Å². The Morgan fingerprint density at radius 2 is 2.08 bits per heavy atom. The maximum absolute atomic E-state index is 12.8. The molecule has 26 heavy (non-hydrogen) atoms. The number of amides is 3. The minimum atomic E-state index is -0.560. The Balaban J connectivity index is 1.46. The quantitative estimate of drug-likeness (QED) is 0.869. The predicted octanol–water partition coefficient (Wildman–Crippen LogP) is 2.03. The summed E-state index contributed by atoms with van der Waals surface area (Å²) in [7, 11) is 0. The minimum absolute atomic E-state index is 0.0467. The Hall–Kier alpha value is -2.67. The molecule has 3 heterocycles. The van der Waals surface area contributed by atoms with Crippen LogP contribution in [-0.4, -0.2) is 41.2 Å². The van der Waals surface area contributed by atoms with Gasteiger partial charge in [0.25, 0.3) is 5.91 Å². The highest BCUT2D eigenvalue weighted by atomic mass is 32.1. The van der Waals surface area contributed by atoms with Gasteiger partial charge in [-0.1, -0.05) is 18.2 Å². The van der Waals surface area contributed by atoms with Gasteiger partial charge in [-0.2, -0.15) is 0 Å². The lowest BCUT2D eigenvalue weighted by atomic mass is 9.96. The molecular weight excluding hydrogens is 350 g/mol. The van der Waals surface area contributed by atoms with Gasteiger partial charge in [-0.15, -0.1) is 11.3 Å². The number of carbonyl (C=O) groups is 3. The highest BCUT2D eigenvalue weighted by molar-refractivity contribution is 7.10. The number of carbonyl (C=O) groups excluding carboxylic acids is 3. The van der Waals surface area contributed by atoms with E-state index in [1.54, 1.807) is 40.5 Å². The molecule has 1 aromatic carbocycles. The molecule has 1 fully saturated rings. The molecule has 0 bridgehead atoms. The molecule has 1 saturated heterocycles. The van der Waals surface area contributed by atoms with Crippen molar-refractivity contribution in [2.75, 3.05) is 11.9 Å². The average molecular weight is 369 g/mol. The smallest absolute Gasteiger partial charge is 0.256 e. The van der Waals surface area contributed by atoms with Gasteiger partial charge < -0.3 is 15.5 Å². The number of piperidine rings is 1. The average Bonchev–Trinajstić information content (AvgIpc) is 3.11. The molecule has 2 atom stereocenters. The molecule has 6 nitrogen and oxygen atoms in total.